The Morgan fingerprint density at radius 1 is 1.29 bits per heavy atom. The van der Waals surface area contributed by atoms with Crippen LogP contribution in [-0.2, 0) is 6.61 Å². The highest BCUT2D eigenvalue weighted by molar-refractivity contribution is 5.38. The maximum Gasteiger partial charge on any atom is 0.269 e. The van der Waals surface area contributed by atoms with Crippen molar-refractivity contribution in [2.24, 2.45) is 0 Å². The van der Waals surface area contributed by atoms with Crippen molar-refractivity contribution in [2.75, 3.05) is 0 Å². The zero-order valence-electron chi connectivity index (χ0n) is 11.9. The number of aliphatic hydroxyl groups excluding tert-OH is 1. The number of nitro benzene ring substituents is 1. The van der Waals surface area contributed by atoms with Crippen LogP contribution < -0.4 is 4.74 Å². The number of hydrogen-bond acceptors (Lipinski definition) is 4. The number of aliphatic hydroxyl groups is 1. The Bertz CT molecular complexity index is 652. The SMILES string of the molecule is Cc1cc([C@H](C)O)ccc1OCc1cccc([N+](=O)[O-])c1. The van der Waals surface area contributed by atoms with E-state index in [2.05, 4.69) is 0 Å². The maximum atomic E-state index is 10.7. The van der Waals surface area contributed by atoms with Crippen molar-refractivity contribution in [3.63, 3.8) is 0 Å². The van der Waals surface area contributed by atoms with E-state index in [4.69, 9.17) is 4.74 Å². The lowest BCUT2D eigenvalue weighted by Crippen LogP contribution is -1.99. The second-order valence-corrected chi connectivity index (χ2v) is 4.92. The largest absolute Gasteiger partial charge is 0.489 e. The molecule has 0 radical (unpaired) electrons. The topological polar surface area (TPSA) is 72.6 Å². The Kier molecular flexibility index (Phi) is 4.55. The van der Waals surface area contributed by atoms with Crippen LogP contribution in [0.2, 0.25) is 0 Å². The van der Waals surface area contributed by atoms with E-state index >= 15 is 0 Å². The van der Waals surface area contributed by atoms with Crippen LogP contribution in [0.25, 0.3) is 0 Å². The maximum absolute atomic E-state index is 10.7. The average Bonchev–Trinajstić information content (AvgIpc) is 2.46. The number of non-ortho nitro benzene ring substituents is 1. The van der Waals surface area contributed by atoms with Crippen LogP contribution in [-0.4, -0.2) is 10.0 Å². The number of rotatable bonds is 5. The quantitative estimate of drug-likeness (QED) is 0.674. The van der Waals surface area contributed by atoms with E-state index < -0.39 is 11.0 Å². The first kappa shape index (κ1) is 15.0. The molecule has 110 valence electrons. The average molecular weight is 287 g/mol. The van der Waals surface area contributed by atoms with Crippen molar-refractivity contribution in [3.05, 3.63) is 69.3 Å². The molecule has 1 atom stereocenters. The number of hydrogen-bond donors (Lipinski definition) is 1. The second-order valence-electron chi connectivity index (χ2n) is 4.92. The van der Waals surface area contributed by atoms with Gasteiger partial charge in [0.05, 0.1) is 11.0 Å². The molecule has 21 heavy (non-hydrogen) atoms. The van der Waals surface area contributed by atoms with E-state index in [1.165, 1.54) is 12.1 Å². The van der Waals surface area contributed by atoms with Gasteiger partial charge in [0.2, 0.25) is 0 Å². The minimum atomic E-state index is -0.519. The third-order valence-corrected chi connectivity index (χ3v) is 3.20. The van der Waals surface area contributed by atoms with E-state index in [0.29, 0.717) is 5.75 Å². The van der Waals surface area contributed by atoms with Gasteiger partial charge < -0.3 is 9.84 Å². The first-order valence-corrected chi connectivity index (χ1v) is 6.62. The number of nitro groups is 1. The molecule has 2 aromatic rings. The van der Waals surface area contributed by atoms with Gasteiger partial charge in [0, 0.05) is 12.1 Å². The van der Waals surface area contributed by atoms with Crippen molar-refractivity contribution in [2.45, 2.75) is 26.6 Å². The Morgan fingerprint density at radius 3 is 2.67 bits per heavy atom. The van der Waals surface area contributed by atoms with Crippen LogP contribution in [0.15, 0.2) is 42.5 Å². The number of benzene rings is 2. The zero-order chi connectivity index (χ0) is 15.4. The molecule has 0 bridgehead atoms. The van der Waals surface area contributed by atoms with Gasteiger partial charge in [-0.25, -0.2) is 0 Å². The molecule has 0 fully saturated rings. The summed E-state index contributed by atoms with van der Waals surface area (Å²) < 4.78 is 5.69. The van der Waals surface area contributed by atoms with Gasteiger partial charge in [-0.3, -0.25) is 10.1 Å². The van der Waals surface area contributed by atoms with Gasteiger partial charge in [-0.15, -0.1) is 0 Å². The summed E-state index contributed by atoms with van der Waals surface area (Å²) in [5.41, 5.74) is 2.54. The molecule has 0 saturated carbocycles. The van der Waals surface area contributed by atoms with Gasteiger partial charge in [0.15, 0.2) is 0 Å². The number of nitrogens with zero attached hydrogens (tertiary/aromatic N) is 1. The highest BCUT2D eigenvalue weighted by atomic mass is 16.6. The van der Waals surface area contributed by atoms with Gasteiger partial charge in [-0.1, -0.05) is 18.2 Å². The fourth-order valence-corrected chi connectivity index (χ4v) is 2.02. The van der Waals surface area contributed by atoms with Gasteiger partial charge in [-0.05, 0) is 42.7 Å². The van der Waals surface area contributed by atoms with Crippen molar-refractivity contribution < 1.29 is 14.8 Å². The smallest absolute Gasteiger partial charge is 0.269 e. The molecule has 0 amide bonds. The Balaban J connectivity index is 2.09. The number of ether oxygens (including phenoxy) is 1. The summed E-state index contributed by atoms with van der Waals surface area (Å²) in [6.07, 6.45) is -0.519. The first-order chi connectivity index (χ1) is 9.97. The highest BCUT2D eigenvalue weighted by Crippen LogP contribution is 2.24. The minimum Gasteiger partial charge on any atom is -0.489 e. The van der Waals surface area contributed by atoms with Crippen LogP contribution in [0.5, 0.6) is 5.75 Å². The molecule has 5 heteroatoms. The summed E-state index contributed by atoms with van der Waals surface area (Å²) in [7, 11) is 0. The lowest BCUT2D eigenvalue weighted by Gasteiger charge is -2.12. The lowest BCUT2D eigenvalue weighted by molar-refractivity contribution is -0.384. The van der Waals surface area contributed by atoms with Crippen molar-refractivity contribution in [3.8, 4) is 5.75 Å². The van der Waals surface area contributed by atoms with Crippen molar-refractivity contribution >= 4 is 5.69 Å². The van der Waals surface area contributed by atoms with E-state index in [1.807, 2.05) is 13.0 Å². The molecule has 0 aliphatic carbocycles. The molecular weight excluding hydrogens is 270 g/mol. The third-order valence-electron chi connectivity index (χ3n) is 3.20. The molecule has 5 nitrogen and oxygen atoms in total. The molecule has 2 aromatic carbocycles. The Labute approximate surface area is 123 Å². The van der Waals surface area contributed by atoms with E-state index in [9.17, 15) is 15.2 Å². The van der Waals surface area contributed by atoms with E-state index in [0.717, 1.165) is 16.7 Å². The molecule has 0 aliphatic rings. The second kappa shape index (κ2) is 6.37. The van der Waals surface area contributed by atoms with Gasteiger partial charge in [0.1, 0.15) is 12.4 Å². The summed E-state index contributed by atoms with van der Waals surface area (Å²) in [5.74, 6) is 0.700. The molecule has 0 saturated heterocycles. The Hall–Kier alpha value is -2.40. The summed E-state index contributed by atoms with van der Waals surface area (Å²) in [5, 5.41) is 20.2. The fourth-order valence-electron chi connectivity index (χ4n) is 2.02. The first-order valence-electron chi connectivity index (χ1n) is 6.62. The molecule has 0 heterocycles. The monoisotopic (exact) mass is 287 g/mol. The normalized spacial score (nSPS) is 12.0. The molecule has 0 aliphatic heterocycles. The molecule has 0 aromatic heterocycles. The molecule has 0 unspecified atom stereocenters. The predicted octanol–water partition coefficient (Wildman–Crippen LogP) is 3.54. The standard InChI is InChI=1S/C16H17NO4/c1-11-8-14(12(2)18)6-7-16(11)21-10-13-4-3-5-15(9-13)17(19)20/h3-9,12,18H,10H2,1-2H3/t12-/m0/s1. The minimum absolute atomic E-state index is 0.0530. The summed E-state index contributed by atoms with van der Waals surface area (Å²) in [4.78, 5) is 10.3. The molecule has 0 spiro atoms. The van der Waals surface area contributed by atoms with Gasteiger partial charge in [-0.2, -0.15) is 0 Å². The molecular formula is C16H17NO4. The van der Waals surface area contributed by atoms with Crippen LogP contribution in [0.1, 0.15) is 29.7 Å². The zero-order valence-corrected chi connectivity index (χ0v) is 11.9. The van der Waals surface area contributed by atoms with Gasteiger partial charge in [0.25, 0.3) is 5.69 Å². The van der Waals surface area contributed by atoms with Gasteiger partial charge >= 0.3 is 0 Å². The van der Waals surface area contributed by atoms with E-state index in [-0.39, 0.29) is 12.3 Å². The fraction of sp³-hybridized carbons (Fsp3) is 0.250. The van der Waals surface area contributed by atoms with Crippen LogP contribution in [0.3, 0.4) is 0 Å². The molecule has 1 N–H and O–H groups in total. The van der Waals surface area contributed by atoms with Crippen molar-refractivity contribution in [1.29, 1.82) is 0 Å². The summed E-state index contributed by atoms with van der Waals surface area (Å²) in [6, 6.07) is 11.8. The number of aryl methyl sites for hydroxylation is 1. The predicted molar refractivity (Wildman–Crippen MR) is 79.2 cm³/mol. The van der Waals surface area contributed by atoms with Crippen molar-refractivity contribution in [1.82, 2.24) is 0 Å². The molecule has 2 rings (SSSR count). The van der Waals surface area contributed by atoms with Crippen LogP contribution in [0.4, 0.5) is 5.69 Å². The lowest BCUT2D eigenvalue weighted by atomic mass is 10.1. The Morgan fingerprint density at radius 2 is 2.05 bits per heavy atom. The highest BCUT2D eigenvalue weighted by Gasteiger charge is 2.08. The van der Waals surface area contributed by atoms with Crippen LogP contribution in [0, 0.1) is 17.0 Å². The van der Waals surface area contributed by atoms with E-state index in [1.54, 1.807) is 31.2 Å². The van der Waals surface area contributed by atoms with Crippen LogP contribution >= 0.6 is 0 Å². The summed E-state index contributed by atoms with van der Waals surface area (Å²) >= 11 is 0. The summed E-state index contributed by atoms with van der Waals surface area (Å²) in [6.45, 7) is 3.86. The third kappa shape index (κ3) is 3.79.